The molecule has 0 radical (unpaired) electrons. The van der Waals surface area contributed by atoms with Gasteiger partial charge in [0.2, 0.25) is 0 Å². The summed E-state index contributed by atoms with van der Waals surface area (Å²) in [4.78, 5) is 0. The van der Waals surface area contributed by atoms with E-state index in [1.54, 1.807) is 36.9 Å². The normalized spacial score (nSPS) is 11.0. The van der Waals surface area contributed by atoms with Crippen LogP contribution in [0, 0.1) is 0 Å². The quantitative estimate of drug-likeness (QED) is 0.504. The average Bonchev–Trinajstić information content (AvgIpc) is 3.33. The molecule has 0 saturated heterocycles. The highest BCUT2D eigenvalue weighted by atomic mass is 32.1. The van der Waals surface area contributed by atoms with Crippen LogP contribution < -0.4 is 9.47 Å². The Morgan fingerprint density at radius 3 is 1.61 bits per heavy atom. The van der Waals surface area contributed by atoms with E-state index in [4.69, 9.17) is 9.47 Å². The van der Waals surface area contributed by atoms with E-state index in [1.165, 1.54) is 11.7 Å². The minimum absolute atomic E-state index is 0.701. The number of rotatable bonds is 4. The van der Waals surface area contributed by atoms with E-state index in [0.29, 0.717) is 11.5 Å². The number of nitrogens with zero attached hydrogens (tertiary/aromatic N) is 2. The predicted molar refractivity (Wildman–Crippen MR) is 97.1 cm³/mol. The first-order valence-corrected chi connectivity index (χ1v) is 9.42. The van der Waals surface area contributed by atoms with Crippen LogP contribution in [0.25, 0.3) is 33.3 Å². The Bertz CT molecular complexity index is 867. The van der Waals surface area contributed by atoms with Gasteiger partial charge in [-0.2, -0.15) is 31.4 Å². The summed E-state index contributed by atoms with van der Waals surface area (Å²) >= 11 is 4.49. The van der Waals surface area contributed by atoms with E-state index >= 15 is 0 Å². The van der Waals surface area contributed by atoms with Crippen LogP contribution in [0.15, 0.2) is 33.7 Å². The molecule has 0 aliphatic carbocycles. The Balaban J connectivity index is 2.17. The van der Waals surface area contributed by atoms with Gasteiger partial charge in [-0.25, -0.2) is 0 Å². The standard InChI is InChI=1S/C16H12N2O2S3/c1-19-15-11(9-3-5-21-7-9)13-14(18-23-17-13)12(16(15)20-2)10-4-6-22-8-10/h3-8H,1-2H3. The topological polar surface area (TPSA) is 44.2 Å². The maximum Gasteiger partial charge on any atom is 0.171 e. The zero-order chi connectivity index (χ0) is 15.8. The molecular formula is C16H12N2O2S3. The molecule has 4 aromatic rings. The lowest BCUT2D eigenvalue weighted by Crippen LogP contribution is -1.97. The molecule has 1 aromatic carbocycles. The summed E-state index contributed by atoms with van der Waals surface area (Å²) in [6.07, 6.45) is 0. The Morgan fingerprint density at radius 2 is 1.26 bits per heavy atom. The molecule has 0 aliphatic rings. The SMILES string of the molecule is COc1c(OC)c(-c2ccsc2)c2nsnc2c1-c1ccsc1. The number of benzene rings is 1. The van der Waals surface area contributed by atoms with Crippen molar-refractivity contribution < 1.29 is 9.47 Å². The van der Waals surface area contributed by atoms with Crippen LogP contribution in [0.4, 0.5) is 0 Å². The van der Waals surface area contributed by atoms with E-state index in [9.17, 15) is 0 Å². The zero-order valence-corrected chi connectivity index (χ0v) is 14.8. The first-order valence-electron chi connectivity index (χ1n) is 6.80. The van der Waals surface area contributed by atoms with E-state index in [0.717, 1.165) is 33.3 Å². The Labute approximate surface area is 145 Å². The second-order valence-corrected chi connectivity index (χ2v) is 6.89. The molecule has 7 heteroatoms. The van der Waals surface area contributed by atoms with Crippen LogP contribution >= 0.6 is 34.4 Å². The van der Waals surface area contributed by atoms with Gasteiger partial charge in [-0.3, -0.25) is 0 Å². The van der Waals surface area contributed by atoms with Crippen molar-refractivity contribution in [1.29, 1.82) is 0 Å². The average molecular weight is 360 g/mol. The highest BCUT2D eigenvalue weighted by Gasteiger charge is 2.26. The number of hydrogen-bond donors (Lipinski definition) is 0. The van der Waals surface area contributed by atoms with Gasteiger partial charge in [-0.15, -0.1) is 0 Å². The molecule has 0 aliphatic heterocycles. The van der Waals surface area contributed by atoms with Gasteiger partial charge in [0.05, 0.1) is 37.1 Å². The largest absolute Gasteiger partial charge is 0.492 e. The van der Waals surface area contributed by atoms with Crippen molar-refractivity contribution >= 4 is 45.4 Å². The van der Waals surface area contributed by atoms with Gasteiger partial charge in [-0.05, 0) is 44.8 Å². The second-order valence-electron chi connectivity index (χ2n) is 4.80. The molecule has 23 heavy (non-hydrogen) atoms. The van der Waals surface area contributed by atoms with Crippen molar-refractivity contribution in [2.45, 2.75) is 0 Å². The summed E-state index contributed by atoms with van der Waals surface area (Å²) in [5.41, 5.74) is 5.72. The summed E-state index contributed by atoms with van der Waals surface area (Å²) in [5, 5.41) is 8.25. The fourth-order valence-electron chi connectivity index (χ4n) is 2.70. The summed E-state index contributed by atoms with van der Waals surface area (Å²) in [6, 6.07) is 4.12. The van der Waals surface area contributed by atoms with Crippen LogP contribution in [-0.4, -0.2) is 23.0 Å². The van der Waals surface area contributed by atoms with Crippen LogP contribution in [-0.2, 0) is 0 Å². The number of ether oxygens (including phenoxy) is 2. The molecule has 3 heterocycles. The monoisotopic (exact) mass is 360 g/mol. The van der Waals surface area contributed by atoms with E-state index in [2.05, 4.69) is 31.6 Å². The maximum absolute atomic E-state index is 5.73. The first-order chi connectivity index (χ1) is 11.3. The molecule has 0 unspecified atom stereocenters. The van der Waals surface area contributed by atoms with Crippen molar-refractivity contribution in [2.75, 3.05) is 14.2 Å². The zero-order valence-electron chi connectivity index (χ0n) is 12.4. The van der Waals surface area contributed by atoms with Gasteiger partial charge in [0.15, 0.2) is 11.5 Å². The lowest BCUT2D eigenvalue weighted by molar-refractivity contribution is 0.358. The van der Waals surface area contributed by atoms with Gasteiger partial charge >= 0.3 is 0 Å². The van der Waals surface area contributed by atoms with Gasteiger partial charge in [0, 0.05) is 0 Å². The third kappa shape index (κ3) is 2.23. The second kappa shape index (κ2) is 5.92. The summed E-state index contributed by atoms with van der Waals surface area (Å²) < 4.78 is 20.5. The van der Waals surface area contributed by atoms with Crippen LogP contribution in [0.3, 0.4) is 0 Å². The fourth-order valence-corrected chi connectivity index (χ4v) is 4.55. The van der Waals surface area contributed by atoms with Crippen molar-refractivity contribution in [3.63, 3.8) is 0 Å². The van der Waals surface area contributed by atoms with E-state index in [-0.39, 0.29) is 0 Å². The Kier molecular flexibility index (Phi) is 3.76. The fraction of sp³-hybridized carbons (Fsp3) is 0.125. The summed E-state index contributed by atoms with van der Waals surface area (Å²) in [6.45, 7) is 0. The highest BCUT2D eigenvalue weighted by Crippen LogP contribution is 2.50. The first kappa shape index (κ1) is 14.6. The smallest absolute Gasteiger partial charge is 0.171 e. The van der Waals surface area contributed by atoms with Gasteiger partial charge < -0.3 is 9.47 Å². The number of hydrogen-bond acceptors (Lipinski definition) is 7. The number of fused-ring (bicyclic) bond motifs is 1. The third-order valence-corrected chi connectivity index (χ3v) is 5.55. The number of methoxy groups -OCH3 is 2. The molecule has 4 nitrogen and oxygen atoms in total. The minimum atomic E-state index is 0.701. The molecular weight excluding hydrogens is 348 g/mol. The van der Waals surface area contributed by atoms with Gasteiger partial charge in [0.25, 0.3) is 0 Å². The minimum Gasteiger partial charge on any atom is -0.492 e. The number of aromatic nitrogens is 2. The van der Waals surface area contributed by atoms with Crippen molar-refractivity contribution in [1.82, 2.24) is 8.75 Å². The molecule has 0 amide bonds. The van der Waals surface area contributed by atoms with Crippen LogP contribution in [0.2, 0.25) is 0 Å². The summed E-state index contributed by atoms with van der Waals surface area (Å²) in [5.74, 6) is 1.40. The van der Waals surface area contributed by atoms with E-state index in [1.807, 2.05) is 10.8 Å². The van der Waals surface area contributed by atoms with Gasteiger partial charge in [0.1, 0.15) is 11.0 Å². The molecule has 0 N–H and O–H groups in total. The molecule has 3 aromatic heterocycles. The van der Waals surface area contributed by atoms with Gasteiger partial charge in [-0.1, -0.05) is 0 Å². The molecule has 0 spiro atoms. The molecule has 116 valence electrons. The van der Waals surface area contributed by atoms with Crippen LogP contribution in [0.5, 0.6) is 11.5 Å². The lowest BCUT2D eigenvalue weighted by atomic mass is 9.98. The molecule has 0 fully saturated rings. The third-order valence-electron chi connectivity index (χ3n) is 3.65. The summed E-state index contributed by atoms with van der Waals surface area (Å²) in [7, 11) is 3.33. The maximum atomic E-state index is 5.73. The highest BCUT2D eigenvalue weighted by molar-refractivity contribution is 7.08. The van der Waals surface area contributed by atoms with E-state index < -0.39 is 0 Å². The van der Waals surface area contributed by atoms with Crippen molar-refractivity contribution in [3.05, 3.63) is 33.7 Å². The number of thiophene rings is 2. The van der Waals surface area contributed by atoms with Crippen molar-refractivity contribution in [2.24, 2.45) is 0 Å². The molecule has 0 saturated carbocycles. The Morgan fingerprint density at radius 1 is 0.783 bits per heavy atom. The predicted octanol–water partition coefficient (Wildman–Crippen LogP) is 5.17. The van der Waals surface area contributed by atoms with Crippen molar-refractivity contribution in [3.8, 4) is 33.8 Å². The molecule has 0 atom stereocenters. The lowest BCUT2D eigenvalue weighted by Gasteiger charge is -2.16. The molecule has 0 bridgehead atoms. The molecule has 4 rings (SSSR count). The Hall–Kier alpha value is -1.96. The van der Waals surface area contributed by atoms with Crippen LogP contribution in [0.1, 0.15) is 0 Å².